The minimum Gasteiger partial charge on any atom is -0.426 e. The zero-order valence-electron chi connectivity index (χ0n) is 15.0. The topological polar surface area (TPSA) is 90.8 Å². The van der Waals surface area contributed by atoms with Gasteiger partial charge in [-0.05, 0) is 18.2 Å². The second-order valence-corrected chi connectivity index (χ2v) is 6.26. The van der Waals surface area contributed by atoms with Gasteiger partial charge in [-0.2, -0.15) is 0 Å². The Morgan fingerprint density at radius 3 is 2.67 bits per heavy atom. The lowest BCUT2D eigenvalue weighted by atomic mass is 10.2. The Labute approximate surface area is 155 Å². The smallest absolute Gasteiger partial charge is 0.290 e. The summed E-state index contributed by atoms with van der Waals surface area (Å²) in [6, 6.07) is 12.1. The number of methoxy groups -OCH3 is 1. The van der Waals surface area contributed by atoms with Crippen molar-refractivity contribution in [2.75, 3.05) is 13.7 Å². The summed E-state index contributed by atoms with van der Waals surface area (Å²) in [4.78, 5) is 14.6. The molecule has 0 saturated carbocycles. The van der Waals surface area contributed by atoms with Gasteiger partial charge >= 0.3 is 0 Å². The van der Waals surface area contributed by atoms with Crippen LogP contribution in [0, 0.1) is 6.92 Å². The minimum atomic E-state index is -0.354. The fourth-order valence-corrected chi connectivity index (χ4v) is 3.11. The fourth-order valence-electron chi connectivity index (χ4n) is 3.11. The monoisotopic (exact) mass is 369 g/mol. The number of hydrogen-bond donors (Lipinski definition) is 0. The predicted molar refractivity (Wildman–Crippen MR) is 93.5 cm³/mol. The summed E-state index contributed by atoms with van der Waals surface area (Å²) in [6.45, 7) is 2.13. The summed E-state index contributed by atoms with van der Waals surface area (Å²) in [5, 5.41) is 7.92. The number of furan rings is 1. The molecule has 0 spiro atoms. The molecular formula is C19H19N3O5. The van der Waals surface area contributed by atoms with Gasteiger partial charge in [-0.15, -0.1) is 10.2 Å². The van der Waals surface area contributed by atoms with E-state index in [1.54, 1.807) is 31.1 Å². The van der Waals surface area contributed by atoms with Crippen molar-refractivity contribution in [2.24, 2.45) is 0 Å². The normalized spacial score (nSPS) is 19.4. The van der Waals surface area contributed by atoms with Gasteiger partial charge in [-0.25, -0.2) is 0 Å². The van der Waals surface area contributed by atoms with Gasteiger partial charge in [0, 0.05) is 33.1 Å². The van der Waals surface area contributed by atoms with E-state index in [2.05, 4.69) is 10.2 Å². The Morgan fingerprint density at radius 2 is 1.96 bits per heavy atom. The first-order valence-corrected chi connectivity index (χ1v) is 8.60. The average molecular weight is 369 g/mol. The summed E-state index contributed by atoms with van der Waals surface area (Å²) in [5.74, 6) is 1.63. The van der Waals surface area contributed by atoms with Gasteiger partial charge in [-0.1, -0.05) is 18.2 Å². The summed E-state index contributed by atoms with van der Waals surface area (Å²) in [7, 11) is 1.62. The van der Waals surface area contributed by atoms with Crippen LogP contribution in [-0.4, -0.2) is 40.8 Å². The second-order valence-electron chi connectivity index (χ2n) is 6.26. The van der Waals surface area contributed by atoms with Crippen molar-refractivity contribution >= 4 is 5.91 Å². The molecule has 0 bridgehead atoms. The predicted octanol–water partition coefficient (Wildman–Crippen LogP) is 3.37. The number of ether oxygens (including phenoxy) is 2. The van der Waals surface area contributed by atoms with Crippen molar-refractivity contribution < 1.29 is 23.1 Å². The number of carbonyl (C=O) groups excluding carboxylic acids is 1. The van der Waals surface area contributed by atoms with E-state index in [-0.39, 0.29) is 29.8 Å². The number of amides is 1. The van der Waals surface area contributed by atoms with Crippen LogP contribution in [0.5, 0.6) is 11.7 Å². The molecule has 1 amide bonds. The Balaban J connectivity index is 1.54. The van der Waals surface area contributed by atoms with E-state index < -0.39 is 0 Å². The zero-order valence-corrected chi connectivity index (χ0v) is 15.0. The number of hydrogen-bond acceptors (Lipinski definition) is 7. The molecule has 0 aliphatic carbocycles. The Bertz CT molecular complexity index is 920. The number of nitrogens with zero attached hydrogens (tertiary/aromatic N) is 3. The van der Waals surface area contributed by atoms with Crippen molar-refractivity contribution in [3.05, 3.63) is 60.0 Å². The molecule has 4 rings (SSSR count). The molecule has 1 aromatic carbocycles. The van der Waals surface area contributed by atoms with Crippen molar-refractivity contribution in [2.45, 2.75) is 25.5 Å². The van der Waals surface area contributed by atoms with E-state index in [0.29, 0.717) is 30.5 Å². The molecule has 1 aliphatic rings. The second kappa shape index (κ2) is 7.24. The molecule has 140 valence electrons. The Kier molecular flexibility index (Phi) is 4.64. The number of aryl methyl sites for hydroxylation is 1. The van der Waals surface area contributed by atoms with Crippen molar-refractivity contribution in [3.63, 3.8) is 0 Å². The van der Waals surface area contributed by atoms with Crippen molar-refractivity contribution in [1.82, 2.24) is 15.1 Å². The number of para-hydroxylation sites is 1. The van der Waals surface area contributed by atoms with E-state index in [1.807, 2.05) is 30.3 Å². The molecule has 2 atom stereocenters. The van der Waals surface area contributed by atoms with Gasteiger partial charge in [0.15, 0.2) is 5.76 Å². The van der Waals surface area contributed by atoms with Crippen molar-refractivity contribution in [3.8, 4) is 11.7 Å². The molecule has 0 unspecified atom stereocenters. The van der Waals surface area contributed by atoms with Crippen LogP contribution in [0.4, 0.5) is 0 Å². The number of benzene rings is 1. The number of likely N-dealkylation sites (tertiary alicyclic amines) is 1. The molecule has 1 aliphatic heterocycles. The summed E-state index contributed by atoms with van der Waals surface area (Å²) >= 11 is 0. The number of carbonyl (C=O) groups is 1. The van der Waals surface area contributed by atoms with Crippen LogP contribution in [0.3, 0.4) is 0 Å². The molecule has 3 heterocycles. The third-order valence-corrected chi connectivity index (χ3v) is 4.44. The Hall–Kier alpha value is -3.13. The van der Waals surface area contributed by atoms with Gasteiger partial charge in [0.2, 0.25) is 11.8 Å². The van der Waals surface area contributed by atoms with Gasteiger partial charge < -0.3 is 23.2 Å². The van der Waals surface area contributed by atoms with Gasteiger partial charge in [0.25, 0.3) is 11.9 Å². The highest BCUT2D eigenvalue weighted by atomic mass is 16.6. The number of rotatable bonds is 5. The maximum Gasteiger partial charge on any atom is 0.290 e. The molecule has 1 saturated heterocycles. The SMILES string of the molecule is CO[C@@H]1C[C@H](c2nnc(C)o2)N(C(=O)c2ccc(Oc3ccccc3)o2)C1. The van der Waals surface area contributed by atoms with Gasteiger partial charge in [-0.3, -0.25) is 4.79 Å². The highest BCUT2D eigenvalue weighted by molar-refractivity contribution is 5.92. The zero-order chi connectivity index (χ0) is 18.8. The average Bonchev–Trinajstić information content (AvgIpc) is 3.41. The standard InChI is InChI=1S/C19H19N3O5/c1-12-20-21-18(25-12)15-10-14(24-2)11-22(15)19(23)16-8-9-17(27-16)26-13-6-4-3-5-7-13/h3-9,14-15H,10-11H2,1-2H3/t14-,15-/m1/s1. The first-order valence-electron chi connectivity index (χ1n) is 8.60. The van der Waals surface area contributed by atoms with Gasteiger partial charge in [0.05, 0.1) is 6.10 Å². The third kappa shape index (κ3) is 3.56. The largest absolute Gasteiger partial charge is 0.426 e. The first-order chi connectivity index (χ1) is 13.1. The van der Waals surface area contributed by atoms with E-state index in [0.717, 1.165) is 0 Å². The maximum atomic E-state index is 13.0. The summed E-state index contributed by atoms with van der Waals surface area (Å²) in [6.07, 6.45) is 0.471. The minimum absolute atomic E-state index is 0.110. The molecule has 2 aromatic heterocycles. The van der Waals surface area contributed by atoms with Crippen LogP contribution in [0.1, 0.15) is 34.8 Å². The summed E-state index contributed by atoms with van der Waals surface area (Å²) < 4.78 is 22.2. The summed E-state index contributed by atoms with van der Waals surface area (Å²) in [5.41, 5.74) is 0. The van der Waals surface area contributed by atoms with Crippen LogP contribution in [0.15, 0.2) is 51.3 Å². The van der Waals surface area contributed by atoms with E-state index in [1.165, 1.54) is 0 Å². The van der Waals surface area contributed by atoms with Crippen LogP contribution in [0.25, 0.3) is 0 Å². The lowest BCUT2D eigenvalue weighted by Gasteiger charge is -2.20. The molecule has 8 heteroatoms. The van der Waals surface area contributed by atoms with Crippen LogP contribution < -0.4 is 4.74 Å². The van der Waals surface area contributed by atoms with Gasteiger partial charge in [0.1, 0.15) is 11.8 Å². The number of aromatic nitrogens is 2. The van der Waals surface area contributed by atoms with Crippen LogP contribution in [0.2, 0.25) is 0 Å². The highest BCUT2D eigenvalue weighted by Gasteiger charge is 2.40. The lowest BCUT2D eigenvalue weighted by molar-refractivity contribution is 0.0639. The van der Waals surface area contributed by atoms with Crippen LogP contribution >= 0.6 is 0 Å². The fraction of sp³-hybridized carbons (Fsp3) is 0.316. The first kappa shape index (κ1) is 17.3. The molecule has 0 radical (unpaired) electrons. The quantitative estimate of drug-likeness (QED) is 0.681. The molecular weight excluding hydrogens is 350 g/mol. The lowest BCUT2D eigenvalue weighted by Crippen LogP contribution is -2.31. The van der Waals surface area contributed by atoms with E-state index >= 15 is 0 Å². The third-order valence-electron chi connectivity index (χ3n) is 4.44. The highest BCUT2D eigenvalue weighted by Crippen LogP contribution is 2.34. The molecule has 8 nitrogen and oxygen atoms in total. The molecule has 1 fully saturated rings. The molecule has 27 heavy (non-hydrogen) atoms. The maximum absolute atomic E-state index is 13.0. The Morgan fingerprint density at radius 1 is 1.15 bits per heavy atom. The van der Waals surface area contributed by atoms with Crippen molar-refractivity contribution in [1.29, 1.82) is 0 Å². The molecule has 0 N–H and O–H groups in total. The van der Waals surface area contributed by atoms with Crippen LogP contribution in [-0.2, 0) is 4.74 Å². The van der Waals surface area contributed by atoms with E-state index in [4.69, 9.17) is 18.3 Å². The molecule has 3 aromatic rings. The van der Waals surface area contributed by atoms with E-state index in [9.17, 15) is 4.79 Å².